The smallest absolute Gasteiger partial charge is 0.313 e. The molecule has 100 valence electrons. The number of carbonyl (C=O) groups is 1. The number of nitrogens with zero attached hydrogens (tertiary/aromatic N) is 3. The van der Waals surface area contributed by atoms with Gasteiger partial charge in [0.25, 0.3) is 0 Å². The molecule has 2 aromatic rings. The van der Waals surface area contributed by atoms with Crippen LogP contribution in [0.1, 0.15) is 5.82 Å². The number of aliphatic hydroxyl groups excluding tert-OH is 1. The average molecular weight is 344 g/mol. The molecule has 2 rings (SSSR count). The number of aliphatic hydroxyl groups is 1. The second-order valence-corrected chi connectivity index (χ2v) is 5.41. The van der Waals surface area contributed by atoms with Crippen LogP contribution in [0.25, 0.3) is 5.69 Å². The van der Waals surface area contributed by atoms with Crippen molar-refractivity contribution in [2.45, 2.75) is 11.8 Å². The Kier molecular flexibility index (Phi) is 4.56. The van der Waals surface area contributed by atoms with Crippen molar-refractivity contribution in [3.05, 3.63) is 34.6 Å². The molecular formula is C11H10BrN3O3S. The minimum Gasteiger partial charge on any atom is -0.481 e. The fourth-order valence-electron chi connectivity index (χ4n) is 1.47. The van der Waals surface area contributed by atoms with Gasteiger partial charge in [-0.3, -0.25) is 9.36 Å². The Hall–Kier alpha value is -1.38. The number of carboxylic acids is 1. The lowest BCUT2D eigenvalue weighted by molar-refractivity contribution is -0.133. The molecule has 6 nitrogen and oxygen atoms in total. The van der Waals surface area contributed by atoms with E-state index in [0.29, 0.717) is 11.0 Å². The van der Waals surface area contributed by atoms with Crippen LogP contribution in [-0.2, 0) is 11.4 Å². The zero-order chi connectivity index (χ0) is 13.8. The molecule has 8 heteroatoms. The molecule has 0 atom stereocenters. The minimum atomic E-state index is -0.930. The predicted molar refractivity (Wildman–Crippen MR) is 73.3 cm³/mol. The highest BCUT2D eigenvalue weighted by molar-refractivity contribution is 9.10. The van der Waals surface area contributed by atoms with Crippen LogP contribution in [0.3, 0.4) is 0 Å². The second-order valence-electron chi connectivity index (χ2n) is 3.55. The van der Waals surface area contributed by atoms with Gasteiger partial charge in [-0.25, -0.2) is 0 Å². The summed E-state index contributed by atoms with van der Waals surface area (Å²) in [6, 6.07) is 7.36. The van der Waals surface area contributed by atoms with E-state index >= 15 is 0 Å². The van der Waals surface area contributed by atoms with E-state index in [9.17, 15) is 9.90 Å². The van der Waals surface area contributed by atoms with E-state index < -0.39 is 5.97 Å². The van der Waals surface area contributed by atoms with E-state index in [1.807, 2.05) is 24.3 Å². The van der Waals surface area contributed by atoms with Gasteiger partial charge >= 0.3 is 5.97 Å². The first-order valence-electron chi connectivity index (χ1n) is 5.27. The minimum absolute atomic E-state index is 0.111. The van der Waals surface area contributed by atoms with E-state index in [1.54, 1.807) is 4.57 Å². The first kappa shape index (κ1) is 14.0. The van der Waals surface area contributed by atoms with Gasteiger partial charge in [0.15, 0.2) is 11.0 Å². The Morgan fingerprint density at radius 2 is 2.00 bits per heavy atom. The molecule has 0 aliphatic rings. The molecule has 0 aliphatic carbocycles. The fourth-order valence-corrected chi connectivity index (χ4v) is 2.43. The summed E-state index contributed by atoms with van der Waals surface area (Å²) < 4.78 is 2.56. The van der Waals surface area contributed by atoms with Crippen LogP contribution >= 0.6 is 27.7 Å². The SMILES string of the molecule is O=C(O)CSc1nnc(CO)n1-c1ccc(Br)cc1. The summed E-state index contributed by atoms with van der Waals surface area (Å²) in [5.74, 6) is -0.670. The van der Waals surface area contributed by atoms with E-state index in [1.165, 1.54) is 0 Å². The van der Waals surface area contributed by atoms with Crippen molar-refractivity contribution < 1.29 is 15.0 Å². The Morgan fingerprint density at radius 3 is 2.58 bits per heavy atom. The Labute approximate surface area is 121 Å². The quantitative estimate of drug-likeness (QED) is 0.803. The van der Waals surface area contributed by atoms with Crippen molar-refractivity contribution in [2.75, 3.05) is 5.75 Å². The molecule has 0 saturated carbocycles. The van der Waals surface area contributed by atoms with Gasteiger partial charge in [-0.2, -0.15) is 0 Å². The van der Waals surface area contributed by atoms with Crippen molar-refractivity contribution in [2.24, 2.45) is 0 Å². The summed E-state index contributed by atoms with van der Waals surface area (Å²) in [7, 11) is 0. The highest BCUT2D eigenvalue weighted by Crippen LogP contribution is 2.23. The topological polar surface area (TPSA) is 88.2 Å². The number of aliphatic carboxylic acids is 1. The van der Waals surface area contributed by atoms with Crippen LogP contribution in [0.5, 0.6) is 0 Å². The van der Waals surface area contributed by atoms with Crippen molar-refractivity contribution >= 4 is 33.7 Å². The number of halogens is 1. The molecule has 0 bridgehead atoms. The molecule has 0 saturated heterocycles. The molecule has 0 unspecified atom stereocenters. The number of thioether (sulfide) groups is 1. The molecule has 19 heavy (non-hydrogen) atoms. The summed E-state index contributed by atoms with van der Waals surface area (Å²) in [6.45, 7) is -0.267. The Morgan fingerprint density at radius 1 is 1.32 bits per heavy atom. The van der Waals surface area contributed by atoms with Crippen molar-refractivity contribution in [1.82, 2.24) is 14.8 Å². The monoisotopic (exact) mass is 343 g/mol. The summed E-state index contributed by atoms with van der Waals surface area (Å²) in [5.41, 5.74) is 0.769. The van der Waals surface area contributed by atoms with E-state index in [-0.39, 0.29) is 12.4 Å². The van der Waals surface area contributed by atoms with Gasteiger partial charge in [0.2, 0.25) is 0 Å². The summed E-state index contributed by atoms with van der Waals surface area (Å²) in [6.07, 6.45) is 0. The van der Waals surface area contributed by atoms with Gasteiger partial charge in [0.1, 0.15) is 6.61 Å². The first-order valence-corrected chi connectivity index (χ1v) is 7.05. The number of hydrogen-bond donors (Lipinski definition) is 2. The molecule has 0 radical (unpaired) electrons. The normalized spacial score (nSPS) is 10.6. The zero-order valence-corrected chi connectivity index (χ0v) is 12.1. The van der Waals surface area contributed by atoms with Crippen molar-refractivity contribution in [3.8, 4) is 5.69 Å². The van der Waals surface area contributed by atoms with Crippen molar-refractivity contribution in [1.29, 1.82) is 0 Å². The third-order valence-corrected chi connectivity index (χ3v) is 3.69. The number of benzene rings is 1. The van der Waals surface area contributed by atoms with E-state index in [4.69, 9.17) is 5.11 Å². The standard InChI is InChI=1S/C11H10BrN3O3S/c12-7-1-3-8(4-2-7)15-9(5-16)13-14-11(15)19-6-10(17)18/h1-4,16H,5-6H2,(H,17,18). The van der Waals surface area contributed by atoms with Gasteiger partial charge < -0.3 is 10.2 Å². The van der Waals surface area contributed by atoms with E-state index in [2.05, 4.69) is 26.1 Å². The molecule has 2 N–H and O–H groups in total. The number of carboxylic acid groups (broad SMARTS) is 1. The first-order chi connectivity index (χ1) is 9.11. The molecule has 0 spiro atoms. The maximum absolute atomic E-state index is 10.6. The zero-order valence-electron chi connectivity index (χ0n) is 9.65. The average Bonchev–Trinajstić information content (AvgIpc) is 2.80. The van der Waals surface area contributed by atoms with Gasteiger partial charge in [0, 0.05) is 10.2 Å². The molecular weight excluding hydrogens is 334 g/mol. The summed E-state index contributed by atoms with van der Waals surface area (Å²) in [5, 5.41) is 26.2. The van der Waals surface area contributed by atoms with E-state index in [0.717, 1.165) is 21.9 Å². The number of rotatable bonds is 5. The lowest BCUT2D eigenvalue weighted by atomic mass is 10.3. The lowest BCUT2D eigenvalue weighted by Crippen LogP contribution is -2.04. The van der Waals surface area contributed by atoms with Gasteiger partial charge in [-0.1, -0.05) is 27.7 Å². The predicted octanol–water partition coefficient (Wildman–Crippen LogP) is 1.70. The van der Waals surface area contributed by atoms with Gasteiger partial charge in [-0.05, 0) is 24.3 Å². The third-order valence-electron chi connectivity index (χ3n) is 2.25. The highest BCUT2D eigenvalue weighted by Gasteiger charge is 2.14. The third kappa shape index (κ3) is 3.34. The Balaban J connectivity index is 2.38. The molecule has 0 amide bonds. The molecule has 0 fully saturated rings. The summed E-state index contributed by atoms with van der Waals surface area (Å²) in [4.78, 5) is 10.6. The fraction of sp³-hybridized carbons (Fsp3) is 0.182. The molecule has 1 aromatic heterocycles. The highest BCUT2D eigenvalue weighted by atomic mass is 79.9. The second kappa shape index (κ2) is 6.18. The van der Waals surface area contributed by atoms with Crippen molar-refractivity contribution in [3.63, 3.8) is 0 Å². The van der Waals surface area contributed by atoms with Crippen LogP contribution in [0, 0.1) is 0 Å². The van der Waals surface area contributed by atoms with Crippen LogP contribution in [0.15, 0.2) is 33.9 Å². The van der Waals surface area contributed by atoms with Gasteiger partial charge in [-0.15, -0.1) is 10.2 Å². The molecule has 0 aliphatic heterocycles. The number of aromatic nitrogens is 3. The van der Waals surface area contributed by atoms with Crippen LogP contribution in [-0.4, -0.2) is 36.7 Å². The number of hydrogen-bond acceptors (Lipinski definition) is 5. The summed E-state index contributed by atoms with van der Waals surface area (Å²) >= 11 is 4.40. The largest absolute Gasteiger partial charge is 0.481 e. The maximum Gasteiger partial charge on any atom is 0.313 e. The maximum atomic E-state index is 10.6. The Bertz CT molecular complexity index is 585. The lowest BCUT2D eigenvalue weighted by Gasteiger charge is -2.08. The van der Waals surface area contributed by atoms with Crippen LogP contribution in [0.2, 0.25) is 0 Å². The molecule has 1 aromatic carbocycles. The molecule has 1 heterocycles. The van der Waals surface area contributed by atoms with Crippen LogP contribution in [0.4, 0.5) is 0 Å². The van der Waals surface area contributed by atoms with Gasteiger partial charge in [0.05, 0.1) is 5.75 Å². The van der Waals surface area contributed by atoms with Crippen LogP contribution < -0.4 is 0 Å².